The molecular weight excluding hydrogens is 238 g/mol. The highest BCUT2D eigenvalue weighted by Gasteiger charge is 2.25. The van der Waals surface area contributed by atoms with E-state index in [4.69, 9.17) is 0 Å². The molecule has 0 aliphatic carbocycles. The highest BCUT2D eigenvalue weighted by Crippen LogP contribution is 2.25. The van der Waals surface area contributed by atoms with Crippen molar-refractivity contribution in [3.8, 4) is 0 Å². The van der Waals surface area contributed by atoms with Crippen LogP contribution in [0.4, 0.5) is 5.82 Å². The third-order valence-electron chi connectivity index (χ3n) is 3.56. The Morgan fingerprint density at radius 2 is 2.21 bits per heavy atom. The third-order valence-corrected chi connectivity index (χ3v) is 3.56. The standard InChI is InChI=1S/C14H19N5/c1-11(2)14-15-7-4-13(17-14)18-9-5-12(10-18)19-8-3-6-16-19/h3-4,6-8,11-12H,5,9-10H2,1-2H3. The van der Waals surface area contributed by atoms with E-state index in [0.29, 0.717) is 12.0 Å². The Morgan fingerprint density at radius 3 is 2.95 bits per heavy atom. The van der Waals surface area contributed by atoms with Crippen molar-refractivity contribution in [2.24, 2.45) is 0 Å². The van der Waals surface area contributed by atoms with Crippen molar-refractivity contribution < 1.29 is 0 Å². The maximum absolute atomic E-state index is 4.66. The summed E-state index contributed by atoms with van der Waals surface area (Å²) < 4.78 is 2.05. The largest absolute Gasteiger partial charge is 0.354 e. The van der Waals surface area contributed by atoms with Crippen LogP contribution in [0.3, 0.4) is 0 Å². The van der Waals surface area contributed by atoms with Gasteiger partial charge in [0.15, 0.2) is 0 Å². The molecule has 19 heavy (non-hydrogen) atoms. The van der Waals surface area contributed by atoms with Crippen molar-refractivity contribution in [3.05, 3.63) is 36.5 Å². The average molecular weight is 257 g/mol. The van der Waals surface area contributed by atoms with Gasteiger partial charge in [0.2, 0.25) is 0 Å². The molecule has 0 N–H and O–H groups in total. The van der Waals surface area contributed by atoms with Crippen LogP contribution in [-0.4, -0.2) is 32.8 Å². The van der Waals surface area contributed by atoms with E-state index in [1.165, 1.54) is 0 Å². The Kier molecular flexibility index (Phi) is 3.19. The molecule has 5 nitrogen and oxygen atoms in total. The minimum Gasteiger partial charge on any atom is -0.354 e. The average Bonchev–Trinajstić information content (AvgIpc) is 3.09. The molecule has 0 saturated carbocycles. The molecule has 0 spiro atoms. The van der Waals surface area contributed by atoms with Crippen LogP contribution in [0, 0.1) is 0 Å². The topological polar surface area (TPSA) is 46.8 Å². The van der Waals surface area contributed by atoms with Crippen molar-refractivity contribution in [2.45, 2.75) is 32.2 Å². The van der Waals surface area contributed by atoms with Crippen LogP contribution in [0.5, 0.6) is 0 Å². The Hall–Kier alpha value is -1.91. The number of anilines is 1. The van der Waals surface area contributed by atoms with E-state index >= 15 is 0 Å². The summed E-state index contributed by atoms with van der Waals surface area (Å²) in [5, 5.41) is 4.33. The Bertz CT molecular complexity index is 535. The highest BCUT2D eigenvalue weighted by atomic mass is 15.3. The number of aromatic nitrogens is 4. The SMILES string of the molecule is CC(C)c1nccc(N2CCC(n3cccn3)C2)n1. The van der Waals surface area contributed by atoms with Gasteiger partial charge in [-0.15, -0.1) is 0 Å². The molecule has 2 aromatic heterocycles. The normalized spacial score (nSPS) is 19.3. The molecular formula is C14H19N5. The number of rotatable bonds is 3. The van der Waals surface area contributed by atoms with Crippen LogP contribution in [0.1, 0.15) is 38.1 Å². The first-order chi connectivity index (χ1) is 9.24. The summed E-state index contributed by atoms with van der Waals surface area (Å²) >= 11 is 0. The first-order valence-electron chi connectivity index (χ1n) is 6.81. The van der Waals surface area contributed by atoms with Gasteiger partial charge in [0.25, 0.3) is 0 Å². The second kappa shape index (κ2) is 4.99. The van der Waals surface area contributed by atoms with Crippen molar-refractivity contribution in [3.63, 3.8) is 0 Å². The predicted octanol–water partition coefficient (Wildman–Crippen LogP) is 2.25. The number of nitrogens with zero attached hydrogens (tertiary/aromatic N) is 5. The first kappa shape index (κ1) is 12.1. The van der Waals surface area contributed by atoms with Crippen LogP contribution >= 0.6 is 0 Å². The zero-order chi connectivity index (χ0) is 13.2. The molecule has 0 amide bonds. The molecule has 2 aromatic rings. The molecule has 1 fully saturated rings. The summed E-state index contributed by atoms with van der Waals surface area (Å²) in [7, 11) is 0. The minimum atomic E-state index is 0.365. The van der Waals surface area contributed by atoms with E-state index in [2.05, 4.69) is 33.8 Å². The zero-order valence-electron chi connectivity index (χ0n) is 11.4. The molecule has 5 heteroatoms. The second-order valence-corrected chi connectivity index (χ2v) is 5.30. The maximum atomic E-state index is 4.66. The summed E-state index contributed by atoms with van der Waals surface area (Å²) in [5.41, 5.74) is 0. The minimum absolute atomic E-state index is 0.365. The van der Waals surface area contributed by atoms with E-state index in [0.717, 1.165) is 31.2 Å². The molecule has 0 radical (unpaired) electrons. The molecule has 3 rings (SSSR count). The third kappa shape index (κ3) is 2.45. The first-order valence-corrected chi connectivity index (χ1v) is 6.81. The lowest BCUT2D eigenvalue weighted by Gasteiger charge is -2.18. The molecule has 0 aromatic carbocycles. The molecule has 100 valence electrons. The van der Waals surface area contributed by atoms with Crippen LogP contribution in [0.2, 0.25) is 0 Å². The Morgan fingerprint density at radius 1 is 1.32 bits per heavy atom. The van der Waals surface area contributed by atoms with Gasteiger partial charge in [-0.25, -0.2) is 9.97 Å². The van der Waals surface area contributed by atoms with E-state index in [1.807, 2.05) is 35.4 Å². The van der Waals surface area contributed by atoms with Gasteiger partial charge in [0, 0.05) is 37.6 Å². The van der Waals surface area contributed by atoms with Gasteiger partial charge in [-0.3, -0.25) is 4.68 Å². The van der Waals surface area contributed by atoms with E-state index < -0.39 is 0 Å². The van der Waals surface area contributed by atoms with Gasteiger partial charge >= 0.3 is 0 Å². The van der Waals surface area contributed by atoms with Crippen molar-refractivity contribution in [1.29, 1.82) is 0 Å². The molecule has 1 unspecified atom stereocenters. The Balaban J connectivity index is 1.76. The van der Waals surface area contributed by atoms with E-state index in [9.17, 15) is 0 Å². The smallest absolute Gasteiger partial charge is 0.133 e. The van der Waals surface area contributed by atoms with Crippen molar-refractivity contribution in [1.82, 2.24) is 19.7 Å². The fraction of sp³-hybridized carbons (Fsp3) is 0.500. The van der Waals surface area contributed by atoms with Gasteiger partial charge in [-0.2, -0.15) is 5.10 Å². The maximum Gasteiger partial charge on any atom is 0.133 e. The Labute approximate surface area is 113 Å². The summed E-state index contributed by atoms with van der Waals surface area (Å²) in [5.74, 6) is 2.32. The van der Waals surface area contributed by atoms with E-state index in [1.54, 1.807) is 0 Å². The molecule has 1 aliphatic rings. The summed E-state index contributed by atoms with van der Waals surface area (Å²) in [6.45, 7) is 6.24. The molecule has 1 saturated heterocycles. The van der Waals surface area contributed by atoms with Crippen LogP contribution in [0.15, 0.2) is 30.7 Å². The number of hydrogen-bond donors (Lipinski definition) is 0. The van der Waals surface area contributed by atoms with Crippen molar-refractivity contribution >= 4 is 5.82 Å². The fourth-order valence-electron chi connectivity index (χ4n) is 2.48. The lowest BCUT2D eigenvalue weighted by molar-refractivity contribution is 0.494. The quantitative estimate of drug-likeness (QED) is 0.846. The fourth-order valence-corrected chi connectivity index (χ4v) is 2.48. The van der Waals surface area contributed by atoms with Gasteiger partial charge in [-0.05, 0) is 18.6 Å². The molecule has 1 atom stereocenters. The van der Waals surface area contributed by atoms with Gasteiger partial charge < -0.3 is 4.90 Å². The van der Waals surface area contributed by atoms with Gasteiger partial charge in [-0.1, -0.05) is 13.8 Å². The number of hydrogen-bond acceptors (Lipinski definition) is 4. The monoisotopic (exact) mass is 257 g/mol. The van der Waals surface area contributed by atoms with Gasteiger partial charge in [0.05, 0.1) is 6.04 Å². The molecule has 3 heterocycles. The summed E-state index contributed by atoms with van der Waals surface area (Å²) in [6.07, 6.45) is 6.85. The van der Waals surface area contributed by atoms with Crippen LogP contribution < -0.4 is 4.90 Å². The highest BCUT2D eigenvalue weighted by molar-refractivity contribution is 5.39. The molecule has 1 aliphatic heterocycles. The van der Waals surface area contributed by atoms with Gasteiger partial charge in [0.1, 0.15) is 11.6 Å². The van der Waals surface area contributed by atoms with Crippen LogP contribution in [-0.2, 0) is 0 Å². The lowest BCUT2D eigenvalue weighted by atomic mass is 10.2. The van der Waals surface area contributed by atoms with E-state index in [-0.39, 0.29) is 0 Å². The summed E-state index contributed by atoms with van der Waals surface area (Å²) in [4.78, 5) is 11.3. The predicted molar refractivity (Wildman–Crippen MR) is 74.2 cm³/mol. The van der Waals surface area contributed by atoms with Crippen LogP contribution in [0.25, 0.3) is 0 Å². The molecule has 0 bridgehead atoms. The zero-order valence-corrected chi connectivity index (χ0v) is 11.4. The lowest BCUT2D eigenvalue weighted by Crippen LogP contribution is -2.22. The summed E-state index contributed by atoms with van der Waals surface area (Å²) in [6, 6.07) is 4.43. The second-order valence-electron chi connectivity index (χ2n) is 5.30. The van der Waals surface area contributed by atoms with Crippen molar-refractivity contribution in [2.75, 3.05) is 18.0 Å².